The average molecular weight is 264 g/mol. The summed E-state index contributed by atoms with van der Waals surface area (Å²) in [5.74, 6) is 1.36. The van der Waals surface area contributed by atoms with Gasteiger partial charge in [0.25, 0.3) is 0 Å². The summed E-state index contributed by atoms with van der Waals surface area (Å²) in [6, 6.07) is 5.11. The molecule has 0 spiro atoms. The van der Waals surface area contributed by atoms with Gasteiger partial charge in [0.15, 0.2) is 0 Å². The number of hydrogen-bond acceptors (Lipinski definition) is 3. The molecule has 1 aromatic rings. The first-order chi connectivity index (χ1) is 4.88. The van der Waals surface area contributed by atoms with E-state index in [-0.39, 0.29) is 11.2 Å². The molecule has 2 rings (SSSR count). The SMILES string of the molecule is O.Oc1cccc2c1[O][Sb][O]2. The Morgan fingerprint density at radius 1 is 1.27 bits per heavy atom. The van der Waals surface area contributed by atoms with E-state index in [2.05, 4.69) is 0 Å². The molecule has 0 amide bonds. The second-order valence-electron chi connectivity index (χ2n) is 1.86. The molecule has 0 unspecified atom stereocenters. The zero-order chi connectivity index (χ0) is 6.97. The predicted molar refractivity (Wildman–Crippen MR) is 38.7 cm³/mol. The third-order valence-corrected chi connectivity index (χ3v) is 2.73. The van der Waals surface area contributed by atoms with Gasteiger partial charge in [-0.2, -0.15) is 0 Å². The van der Waals surface area contributed by atoms with Crippen LogP contribution in [-0.4, -0.2) is 33.0 Å². The van der Waals surface area contributed by atoms with Crippen LogP contribution in [-0.2, 0) is 0 Å². The van der Waals surface area contributed by atoms with E-state index in [4.69, 9.17) is 11.1 Å². The maximum absolute atomic E-state index is 9.15. The number of phenolic OH excluding ortho intramolecular Hbond substituents is 1. The zero-order valence-electron chi connectivity index (χ0n) is 5.44. The summed E-state index contributed by atoms with van der Waals surface area (Å²) in [6.07, 6.45) is 0. The molecule has 0 aromatic heterocycles. The number of aromatic hydroxyl groups is 1. The summed E-state index contributed by atoms with van der Waals surface area (Å²) in [5, 5.41) is 9.15. The van der Waals surface area contributed by atoms with E-state index < -0.39 is 22.5 Å². The normalized spacial score (nSPS) is 12.4. The van der Waals surface area contributed by atoms with E-state index in [1.54, 1.807) is 18.2 Å². The first kappa shape index (κ1) is 8.49. The molecule has 5 heteroatoms. The molecule has 1 aliphatic heterocycles. The molecule has 0 fully saturated rings. The second kappa shape index (κ2) is 3.20. The first-order valence-electron chi connectivity index (χ1n) is 2.74. The summed E-state index contributed by atoms with van der Waals surface area (Å²) >= 11 is -0.979. The molecule has 1 aliphatic rings. The fourth-order valence-electron chi connectivity index (χ4n) is 0.764. The van der Waals surface area contributed by atoms with Gasteiger partial charge in [0.2, 0.25) is 0 Å². The molecule has 0 atom stereocenters. The van der Waals surface area contributed by atoms with Crippen LogP contribution in [0.2, 0.25) is 0 Å². The third-order valence-electron chi connectivity index (χ3n) is 1.22. The Labute approximate surface area is 74.7 Å². The standard InChI is InChI=1S/C6H6O3.H2O.Sb/c7-4-2-1-3-5(8)6(4)9;;/h1-3,7-9H;1H2;/q;;+2/p-2. The van der Waals surface area contributed by atoms with Crippen LogP contribution in [0.5, 0.6) is 17.2 Å². The fourth-order valence-corrected chi connectivity index (χ4v) is 2.25. The molecule has 11 heavy (non-hydrogen) atoms. The van der Waals surface area contributed by atoms with Crippen LogP contribution < -0.4 is 6.03 Å². The van der Waals surface area contributed by atoms with Crippen LogP contribution in [0.1, 0.15) is 0 Å². The molecular formula is C6H6O4Sb. The zero-order valence-corrected chi connectivity index (χ0v) is 8.00. The first-order valence-corrected chi connectivity index (χ1v) is 4.83. The van der Waals surface area contributed by atoms with Gasteiger partial charge in [0.05, 0.1) is 0 Å². The second-order valence-corrected chi connectivity index (χ2v) is 3.33. The van der Waals surface area contributed by atoms with Crippen molar-refractivity contribution in [3.05, 3.63) is 18.2 Å². The van der Waals surface area contributed by atoms with Gasteiger partial charge in [-0.05, 0) is 0 Å². The Morgan fingerprint density at radius 3 is 2.82 bits per heavy atom. The Balaban J connectivity index is 0.000000605. The van der Waals surface area contributed by atoms with E-state index in [0.717, 1.165) is 0 Å². The van der Waals surface area contributed by atoms with Crippen LogP contribution in [0.4, 0.5) is 0 Å². The molecule has 1 aromatic carbocycles. The Hall–Kier alpha value is -0.602. The van der Waals surface area contributed by atoms with E-state index in [9.17, 15) is 0 Å². The van der Waals surface area contributed by atoms with E-state index >= 15 is 0 Å². The molecule has 4 nitrogen and oxygen atoms in total. The van der Waals surface area contributed by atoms with Gasteiger partial charge < -0.3 is 5.48 Å². The minimum atomic E-state index is -0.979. The van der Waals surface area contributed by atoms with Gasteiger partial charge in [-0.25, -0.2) is 0 Å². The molecule has 0 saturated heterocycles. The quantitative estimate of drug-likeness (QED) is 0.663. The monoisotopic (exact) mass is 263 g/mol. The number of hydrogen-bond donors (Lipinski definition) is 1. The Morgan fingerprint density at radius 2 is 2.09 bits per heavy atom. The van der Waals surface area contributed by atoms with Crippen LogP contribution in [0.25, 0.3) is 0 Å². The number of para-hydroxylation sites is 1. The predicted octanol–water partition coefficient (Wildman–Crippen LogP) is -0.127. The van der Waals surface area contributed by atoms with Crippen molar-refractivity contribution in [2.24, 2.45) is 0 Å². The van der Waals surface area contributed by atoms with Gasteiger partial charge in [0, 0.05) is 0 Å². The number of phenols is 1. The summed E-state index contributed by atoms with van der Waals surface area (Å²) in [5.41, 5.74) is 0. The molecule has 1 radical (unpaired) electrons. The summed E-state index contributed by atoms with van der Waals surface area (Å²) < 4.78 is 10.3. The van der Waals surface area contributed by atoms with Crippen LogP contribution in [0.3, 0.4) is 0 Å². The van der Waals surface area contributed by atoms with Crippen LogP contribution in [0.15, 0.2) is 18.2 Å². The van der Waals surface area contributed by atoms with Crippen molar-refractivity contribution in [3.63, 3.8) is 0 Å². The van der Waals surface area contributed by atoms with E-state index in [1.165, 1.54) is 0 Å². The summed E-state index contributed by atoms with van der Waals surface area (Å²) in [6.45, 7) is 0. The molecular weight excluding hydrogens is 258 g/mol. The average Bonchev–Trinajstić information content (AvgIpc) is 2.36. The Kier molecular flexibility index (Phi) is 2.47. The molecule has 0 bridgehead atoms. The Bertz CT molecular complexity index is 263. The van der Waals surface area contributed by atoms with Crippen LogP contribution in [0, 0.1) is 0 Å². The van der Waals surface area contributed by atoms with Crippen molar-refractivity contribution in [1.29, 1.82) is 0 Å². The number of fused-ring (bicyclic) bond motifs is 1. The van der Waals surface area contributed by atoms with Gasteiger partial charge in [-0.1, -0.05) is 0 Å². The molecule has 0 aliphatic carbocycles. The van der Waals surface area contributed by atoms with Crippen molar-refractivity contribution in [2.75, 3.05) is 0 Å². The van der Waals surface area contributed by atoms with Crippen molar-refractivity contribution in [1.82, 2.24) is 0 Å². The maximum atomic E-state index is 9.15. The minimum absolute atomic E-state index is 0. The van der Waals surface area contributed by atoms with Gasteiger partial charge in [0.1, 0.15) is 0 Å². The van der Waals surface area contributed by atoms with Crippen molar-refractivity contribution in [2.45, 2.75) is 0 Å². The summed E-state index contributed by atoms with van der Waals surface area (Å²) in [4.78, 5) is 0. The molecule has 0 saturated carbocycles. The van der Waals surface area contributed by atoms with E-state index in [1.807, 2.05) is 0 Å². The van der Waals surface area contributed by atoms with Gasteiger partial charge in [-0.3, -0.25) is 0 Å². The van der Waals surface area contributed by atoms with Crippen molar-refractivity contribution < 1.29 is 16.6 Å². The molecule has 59 valence electrons. The van der Waals surface area contributed by atoms with Gasteiger partial charge >= 0.3 is 69.0 Å². The van der Waals surface area contributed by atoms with Crippen molar-refractivity contribution in [3.8, 4) is 17.2 Å². The molecule has 3 N–H and O–H groups in total. The number of rotatable bonds is 0. The topological polar surface area (TPSA) is 70.2 Å². The number of benzene rings is 1. The van der Waals surface area contributed by atoms with Crippen molar-refractivity contribution >= 4 is 22.5 Å². The van der Waals surface area contributed by atoms with E-state index in [0.29, 0.717) is 11.5 Å². The summed E-state index contributed by atoms with van der Waals surface area (Å²) in [7, 11) is 0. The molecule has 1 heterocycles. The van der Waals surface area contributed by atoms with Crippen LogP contribution >= 0.6 is 0 Å². The fraction of sp³-hybridized carbons (Fsp3) is 0. The van der Waals surface area contributed by atoms with Gasteiger partial charge in [-0.15, -0.1) is 0 Å². The third kappa shape index (κ3) is 1.37.